The first-order valence-corrected chi connectivity index (χ1v) is 4.56. The Labute approximate surface area is 86.8 Å². The molecule has 0 aliphatic heterocycles. The molecule has 2 rings (SSSR count). The first-order valence-electron chi connectivity index (χ1n) is 4.56. The zero-order valence-corrected chi connectivity index (χ0v) is 8.60. The summed E-state index contributed by atoms with van der Waals surface area (Å²) in [6.07, 6.45) is 1.81. The number of nitrogens with two attached hydrogens (primary N) is 1. The standard InChI is InChI=1S/C10H12N4O/c1-6-9-4-3-8(10(11)13-15)5-14(9)7(2)12-6/h3-5,15H,1-2H3,(H2,11,13). The zero-order chi connectivity index (χ0) is 11.0. The van der Waals surface area contributed by atoms with Crippen LogP contribution in [-0.2, 0) is 0 Å². The van der Waals surface area contributed by atoms with E-state index in [2.05, 4.69) is 10.1 Å². The highest BCUT2D eigenvalue weighted by Crippen LogP contribution is 2.13. The van der Waals surface area contributed by atoms with Gasteiger partial charge in [0.25, 0.3) is 0 Å². The van der Waals surface area contributed by atoms with Gasteiger partial charge in [-0.05, 0) is 26.0 Å². The van der Waals surface area contributed by atoms with E-state index in [0.717, 1.165) is 17.0 Å². The van der Waals surface area contributed by atoms with Crippen molar-refractivity contribution in [3.8, 4) is 0 Å². The van der Waals surface area contributed by atoms with Gasteiger partial charge in [0.05, 0.1) is 11.2 Å². The van der Waals surface area contributed by atoms with E-state index in [4.69, 9.17) is 10.9 Å². The van der Waals surface area contributed by atoms with Crippen LogP contribution in [0.1, 0.15) is 17.1 Å². The molecule has 0 amide bonds. The number of fused-ring (bicyclic) bond motifs is 1. The van der Waals surface area contributed by atoms with Gasteiger partial charge in [-0.15, -0.1) is 0 Å². The zero-order valence-electron chi connectivity index (χ0n) is 8.60. The summed E-state index contributed by atoms with van der Waals surface area (Å²) in [6, 6.07) is 3.71. The Bertz CT molecular complexity index is 542. The Morgan fingerprint density at radius 1 is 1.47 bits per heavy atom. The molecule has 0 fully saturated rings. The lowest BCUT2D eigenvalue weighted by Crippen LogP contribution is -2.13. The predicted molar refractivity (Wildman–Crippen MR) is 57.2 cm³/mol. The van der Waals surface area contributed by atoms with Crippen molar-refractivity contribution in [2.24, 2.45) is 10.9 Å². The highest BCUT2D eigenvalue weighted by atomic mass is 16.4. The van der Waals surface area contributed by atoms with E-state index in [0.29, 0.717) is 5.56 Å². The van der Waals surface area contributed by atoms with E-state index in [1.165, 1.54) is 0 Å². The molecule has 0 unspecified atom stereocenters. The minimum Gasteiger partial charge on any atom is -0.409 e. The van der Waals surface area contributed by atoms with Gasteiger partial charge in [-0.3, -0.25) is 0 Å². The van der Waals surface area contributed by atoms with Crippen LogP contribution in [0.5, 0.6) is 0 Å². The summed E-state index contributed by atoms with van der Waals surface area (Å²) >= 11 is 0. The summed E-state index contributed by atoms with van der Waals surface area (Å²) in [5.41, 5.74) is 8.18. The number of amidine groups is 1. The van der Waals surface area contributed by atoms with E-state index in [1.807, 2.05) is 24.3 Å². The van der Waals surface area contributed by atoms with Crippen LogP contribution < -0.4 is 5.73 Å². The lowest BCUT2D eigenvalue weighted by Gasteiger charge is -2.01. The second-order valence-corrected chi connectivity index (χ2v) is 3.40. The fourth-order valence-electron chi connectivity index (χ4n) is 1.63. The van der Waals surface area contributed by atoms with Crippen LogP contribution in [0.3, 0.4) is 0 Å². The normalized spacial score (nSPS) is 12.3. The van der Waals surface area contributed by atoms with Crippen LogP contribution in [0.4, 0.5) is 0 Å². The van der Waals surface area contributed by atoms with Gasteiger partial charge >= 0.3 is 0 Å². The molecule has 2 aromatic heterocycles. The highest BCUT2D eigenvalue weighted by molar-refractivity contribution is 5.97. The number of imidazole rings is 1. The average molecular weight is 204 g/mol. The number of pyridine rings is 1. The quantitative estimate of drug-likeness (QED) is 0.315. The Morgan fingerprint density at radius 3 is 2.87 bits per heavy atom. The van der Waals surface area contributed by atoms with Crippen molar-refractivity contribution in [3.05, 3.63) is 35.4 Å². The molecule has 0 bridgehead atoms. The molecule has 0 aliphatic carbocycles. The van der Waals surface area contributed by atoms with Crippen molar-refractivity contribution in [3.63, 3.8) is 0 Å². The number of oxime groups is 1. The maximum Gasteiger partial charge on any atom is 0.171 e. The number of hydrogen-bond donors (Lipinski definition) is 2. The van der Waals surface area contributed by atoms with Gasteiger partial charge < -0.3 is 15.3 Å². The van der Waals surface area contributed by atoms with Crippen molar-refractivity contribution in [2.75, 3.05) is 0 Å². The predicted octanol–water partition coefficient (Wildman–Crippen LogP) is 1.05. The van der Waals surface area contributed by atoms with E-state index in [-0.39, 0.29) is 5.84 Å². The Hall–Kier alpha value is -2.04. The number of aromatic nitrogens is 2. The molecule has 0 spiro atoms. The van der Waals surface area contributed by atoms with Gasteiger partial charge in [0, 0.05) is 11.8 Å². The lowest BCUT2D eigenvalue weighted by molar-refractivity contribution is 0.318. The fraction of sp³-hybridized carbons (Fsp3) is 0.200. The number of aryl methyl sites for hydroxylation is 2. The molecular formula is C10H12N4O. The summed E-state index contributed by atoms with van der Waals surface area (Å²) in [6.45, 7) is 3.86. The van der Waals surface area contributed by atoms with Crippen molar-refractivity contribution in [1.82, 2.24) is 9.38 Å². The molecule has 0 saturated heterocycles. The molecule has 0 aliphatic rings. The van der Waals surface area contributed by atoms with Crippen molar-refractivity contribution in [2.45, 2.75) is 13.8 Å². The summed E-state index contributed by atoms with van der Waals surface area (Å²) in [4.78, 5) is 4.34. The van der Waals surface area contributed by atoms with E-state index < -0.39 is 0 Å². The molecule has 78 valence electrons. The van der Waals surface area contributed by atoms with E-state index >= 15 is 0 Å². The van der Waals surface area contributed by atoms with Crippen LogP contribution in [0.25, 0.3) is 5.52 Å². The second kappa shape index (κ2) is 3.27. The molecule has 2 heterocycles. The maximum atomic E-state index is 8.57. The first-order chi connectivity index (χ1) is 7.13. The minimum atomic E-state index is 0.0997. The SMILES string of the molecule is Cc1nc(C)n2cc(/C(N)=N\O)ccc12. The Kier molecular flexibility index (Phi) is 2.07. The minimum absolute atomic E-state index is 0.0997. The summed E-state index contributed by atoms with van der Waals surface area (Å²) in [7, 11) is 0. The van der Waals surface area contributed by atoms with Crippen LogP contribution in [0.15, 0.2) is 23.5 Å². The van der Waals surface area contributed by atoms with E-state index in [1.54, 1.807) is 12.3 Å². The third-order valence-corrected chi connectivity index (χ3v) is 2.40. The molecule has 3 N–H and O–H groups in total. The van der Waals surface area contributed by atoms with Crippen LogP contribution in [-0.4, -0.2) is 20.4 Å². The number of hydrogen-bond acceptors (Lipinski definition) is 3. The molecule has 5 heteroatoms. The summed E-state index contributed by atoms with van der Waals surface area (Å²) < 4.78 is 1.92. The molecule has 5 nitrogen and oxygen atoms in total. The van der Waals surface area contributed by atoms with Crippen molar-refractivity contribution >= 4 is 11.4 Å². The molecule has 0 aromatic carbocycles. The number of rotatable bonds is 1. The molecule has 0 atom stereocenters. The fourth-order valence-corrected chi connectivity index (χ4v) is 1.63. The average Bonchev–Trinajstić information content (AvgIpc) is 2.53. The van der Waals surface area contributed by atoms with Gasteiger partial charge in [0.2, 0.25) is 0 Å². The van der Waals surface area contributed by atoms with Gasteiger partial charge in [-0.25, -0.2) is 4.98 Å². The maximum absolute atomic E-state index is 8.57. The molecule has 2 aromatic rings. The third kappa shape index (κ3) is 1.41. The molecule has 0 saturated carbocycles. The van der Waals surface area contributed by atoms with Crippen LogP contribution in [0, 0.1) is 13.8 Å². The lowest BCUT2D eigenvalue weighted by atomic mass is 10.2. The topological polar surface area (TPSA) is 75.9 Å². The first kappa shape index (κ1) is 9.51. The van der Waals surface area contributed by atoms with Crippen LogP contribution in [0.2, 0.25) is 0 Å². The van der Waals surface area contributed by atoms with Gasteiger partial charge in [-0.1, -0.05) is 5.16 Å². The largest absolute Gasteiger partial charge is 0.409 e. The number of nitrogens with zero attached hydrogens (tertiary/aromatic N) is 3. The van der Waals surface area contributed by atoms with Crippen molar-refractivity contribution in [1.29, 1.82) is 0 Å². The molecular weight excluding hydrogens is 192 g/mol. The van der Waals surface area contributed by atoms with E-state index in [9.17, 15) is 0 Å². The Balaban J connectivity index is 2.70. The highest BCUT2D eigenvalue weighted by Gasteiger charge is 2.06. The van der Waals surface area contributed by atoms with Gasteiger partial charge in [0.15, 0.2) is 5.84 Å². The molecule has 0 radical (unpaired) electrons. The third-order valence-electron chi connectivity index (χ3n) is 2.40. The van der Waals surface area contributed by atoms with Crippen LogP contribution >= 0.6 is 0 Å². The second-order valence-electron chi connectivity index (χ2n) is 3.40. The molecule has 15 heavy (non-hydrogen) atoms. The van der Waals surface area contributed by atoms with Gasteiger partial charge in [-0.2, -0.15) is 0 Å². The van der Waals surface area contributed by atoms with Gasteiger partial charge in [0.1, 0.15) is 5.82 Å². The summed E-state index contributed by atoms with van der Waals surface area (Å²) in [5.74, 6) is 0.984. The Morgan fingerprint density at radius 2 is 2.20 bits per heavy atom. The smallest absolute Gasteiger partial charge is 0.171 e. The monoisotopic (exact) mass is 204 g/mol. The summed E-state index contributed by atoms with van der Waals surface area (Å²) in [5, 5.41) is 11.5. The van der Waals surface area contributed by atoms with Crippen molar-refractivity contribution < 1.29 is 5.21 Å².